The van der Waals surface area contributed by atoms with Crippen LogP contribution in [0.2, 0.25) is 0 Å². The molecule has 0 atom stereocenters. The number of carboxylic acid groups (broad SMARTS) is 3. The molecule has 9 nitrogen and oxygen atoms in total. The Hall–Kier alpha value is -3.43. The Labute approximate surface area is 173 Å². The third-order valence-corrected chi connectivity index (χ3v) is 4.44. The molecule has 0 unspecified atom stereocenters. The summed E-state index contributed by atoms with van der Waals surface area (Å²) in [6.45, 7) is 0.493. The van der Waals surface area contributed by atoms with Gasteiger partial charge in [0.25, 0.3) is 0 Å². The number of hydrogen-bond acceptors (Lipinski definition) is 6. The van der Waals surface area contributed by atoms with Gasteiger partial charge in [0, 0.05) is 31.7 Å². The van der Waals surface area contributed by atoms with Gasteiger partial charge in [0.05, 0.1) is 18.7 Å². The van der Waals surface area contributed by atoms with Crippen LogP contribution in [0.1, 0.15) is 21.5 Å². The maximum atomic E-state index is 11.2. The fraction of sp³-hybridized carbons (Fsp3) is 0.286. The number of aromatic carboxylic acids is 1. The van der Waals surface area contributed by atoms with Gasteiger partial charge in [-0.15, -0.1) is 0 Å². The highest BCUT2D eigenvalue weighted by Gasteiger charge is 2.16. The standard InChI is InChI=1S/C21H24N2O7/c24-18-4-2-1-3-17(18)12-23(14-20(27)28)10-9-22(13-19(25)26)11-15-5-7-16(8-6-15)21(29)30/h1-8,24H,9-14H2,(H,25,26)(H,27,28)(H,29,30). The second-order valence-electron chi connectivity index (χ2n) is 6.84. The third-order valence-electron chi connectivity index (χ3n) is 4.44. The zero-order chi connectivity index (χ0) is 22.1. The third kappa shape index (κ3) is 7.53. The van der Waals surface area contributed by atoms with Gasteiger partial charge in [-0.05, 0) is 23.8 Å². The van der Waals surface area contributed by atoms with Crippen molar-refractivity contribution in [3.05, 3.63) is 65.2 Å². The number of phenolic OH excluding ortho intramolecular Hbond substituents is 1. The van der Waals surface area contributed by atoms with Crippen molar-refractivity contribution in [2.24, 2.45) is 0 Å². The average Bonchev–Trinajstić information content (AvgIpc) is 2.67. The highest BCUT2D eigenvalue weighted by Crippen LogP contribution is 2.18. The van der Waals surface area contributed by atoms with Gasteiger partial charge >= 0.3 is 17.9 Å². The second-order valence-corrected chi connectivity index (χ2v) is 6.84. The van der Waals surface area contributed by atoms with Crippen LogP contribution in [0.15, 0.2) is 48.5 Å². The minimum atomic E-state index is -1.04. The molecule has 0 aromatic heterocycles. The molecular formula is C21H24N2O7. The minimum absolute atomic E-state index is 0.0637. The SMILES string of the molecule is O=C(O)CN(CCN(CC(=O)O)Cc1ccccc1O)Cc1ccc(C(=O)O)cc1. The molecule has 30 heavy (non-hydrogen) atoms. The molecular weight excluding hydrogens is 392 g/mol. The topological polar surface area (TPSA) is 139 Å². The number of hydrogen-bond donors (Lipinski definition) is 4. The molecule has 2 aromatic rings. The van der Waals surface area contributed by atoms with Crippen LogP contribution in [-0.4, -0.2) is 74.3 Å². The van der Waals surface area contributed by atoms with Crippen molar-refractivity contribution in [1.29, 1.82) is 0 Å². The van der Waals surface area contributed by atoms with Gasteiger partial charge in [-0.3, -0.25) is 19.4 Å². The van der Waals surface area contributed by atoms with E-state index < -0.39 is 17.9 Å². The van der Waals surface area contributed by atoms with E-state index in [9.17, 15) is 29.7 Å². The summed E-state index contributed by atoms with van der Waals surface area (Å²) < 4.78 is 0. The molecule has 0 saturated carbocycles. The number of rotatable bonds is 12. The first-order chi connectivity index (χ1) is 14.2. The average molecular weight is 416 g/mol. The van der Waals surface area contributed by atoms with Gasteiger partial charge in [-0.25, -0.2) is 4.79 Å². The molecule has 4 N–H and O–H groups in total. The predicted molar refractivity (Wildman–Crippen MR) is 107 cm³/mol. The Bertz CT molecular complexity index is 883. The van der Waals surface area contributed by atoms with Gasteiger partial charge in [0.2, 0.25) is 0 Å². The molecule has 0 radical (unpaired) electrons. The molecule has 2 aromatic carbocycles. The van der Waals surface area contributed by atoms with Gasteiger partial charge in [-0.2, -0.15) is 0 Å². The molecule has 0 heterocycles. The lowest BCUT2D eigenvalue weighted by Crippen LogP contribution is -2.39. The van der Waals surface area contributed by atoms with Crippen molar-refractivity contribution in [1.82, 2.24) is 9.80 Å². The largest absolute Gasteiger partial charge is 0.508 e. The molecule has 0 fully saturated rings. The van der Waals surface area contributed by atoms with E-state index in [1.807, 2.05) is 0 Å². The molecule has 0 bridgehead atoms. The maximum absolute atomic E-state index is 11.2. The smallest absolute Gasteiger partial charge is 0.335 e. The second kappa shape index (κ2) is 10.9. The molecule has 0 aliphatic carbocycles. The van der Waals surface area contributed by atoms with E-state index in [1.165, 1.54) is 18.2 Å². The van der Waals surface area contributed by atoms with Crippen LogP contribution in [0.4, 0.5) is 0 Å². The van der Waals surface area contributed by atoms with Gasteiger partial charge in [-0.1, -0.05) is 30.3 Å². The van der Waals surface area contributed by atoms with E-state index in [-0.39, 0.29) is 50.6 Å². The zero-order valence-corrected chi connectivity index (χ0v) is 16.3. The van der Waals surface area contributed by atoms with Crippen molar-refractivity contribution in [2.45, 2.75) is 13.1 Å². The number of carbonyl (C=O) groups is 3. The lowest BCUT2D eigenvalue weighted by molar-refractivity contribution is -0.140. The monoisotopic (exact) mass is 416 g/mol. The summed E-state index contributed by atoms with van der Waals surface area (Å²) in [6.07, 6.45) is 0. The molecule has 2 rings (SSSR count). The highest BCUT2D eigenvalue weighted by atomic mass is 16.4. The summed E-state index contributed by atoms with van der Waals surface area (Å²) in [5.41, 5.74) is 1.46. The summed E-state index contributed by atoms with van der Waals surface area (Å²) in [5.74, 6) is -3.03. The number of aromatic hydroxyl groups is 1. The number of carboxylic acids is 3. The fourth-order valence-corrected chi connectivity index (χ4v) is 2.99. The van der Waals surface area contributed by atoms with Gasteiger partial charge in [0.15, 0.2) is 0 Å². The number of aliphatic carboxylic acids is 2. The van der Waals surface area contributed by atoms with Crippen molar-refractivity contribution in [2.75, 3.05) is 26.2 Å². The van der Waals surface area contributed by atoms with Crippen LogP contribution in [0, 0.1) is 0 Å². The number of para-hydroxylation sites is 1. The highest BCUT2D eigenvalue weighted by molar-refractivity contribution is 5.87. The Morgan fingerprint density at radius 1 is 0.733 bits per heavy atom. The summed E-state index contributed by atoms with van der Waals surface area (Å²) >= 11 is 0. The van der Waals surface area contributed by atoms with Crippen molar-refractivity contribution in [3.8, 4) is 5.75 Å². The van der Waals surface area contributed by atoms with E-state index in [4.69, 9.17) is 5.11 Å². The van der Waals surface area contributed by atoms with Crippen LogP contribution < -0.4 is 0 Å². The minimum Gasteiger partial charge on any atom is -0.508 e. The Morgan fingerprint density at radius 2 is 1.27 bits per heavy atom. The first-order valence-corrected chi connectivity index (χ1v) is 9.22. The summed E-state index contributed by atoms with van der Waals surface area (Å²) in [6, 6.07) is 12.8. The van der Waals surface area contributed by atoms with Crippen LogP contribution >= 0.6 is 0 Å². The first kappa shape index (κ1) is 22.9. The molecule has 0 aliphatic rings. The van der Waals surface area contributed by atoms with E-state index in [0.717, 1.165) is 5.56 Å². The van der Waals surface area contributed by atoms with Gasteiger partial charge in [0.1, 0.15) is 5.75 Å². The van der Waals surface area contributed by atoms with Crippen molar-refractivity contribution >= 4 is 17.9 Å². The van der Waals surface area contributed by atoms with Gasteiger partial charge < -0.3 is 20.4 Å². The Balaban J connectivity index is 2.06. The Kier molecular flexibility index (Phi) is 8.33. The Morgan fingerprint density at radius 3 is 1.77 bits per heavy atom. The van der Waals surface area contributed by atoms with E-state index >= 15 is 0 Å². The molecule has 9 heteroatoms. The molecule has 160 valence electrons. The zero-order valence-electron chi connectivity index (χ0n) is 16.3. The number of nitrogens with zero attached hydrogens (tertiary/aromatic N) is 2. The normalized spacial score (nSPS) is 11.0. The predicted octanol–water partition coefficient (Wildman–Crippen LogP) is 1.56. The fourth-order valence-electron chi connectivity index (χ4n) is 2.99. The molecule has 0 amide bonds. The quantitative estimate of drug-likeness (QED) is 0.406. The van der Waals surface area contributed by atoms with Crippen LogP contribution in [0.3, 0.4) is 0 Å². The summed E-state index contributed by atoms with van der Waals surface area (Å²) in [4.78, 5) is 36.7. The van der Waals surface area contributed by atoms with Crippen LogP contribution in [-0.2, 0) is 22.7 Å². The number of phenols is 1. The van der Waals surface area contributed by atoms with Crippen LogP contribution in [0.25, 0.3) is 0 Å². The number of benzene rings is 2. The molecule has 0 spiro atoms. The van der Waals surface area contributed by atoms with E-state index in [1.54, 1.807) is 40.1 Å². The lowest BCUT2D eigenvalue weighted by atomic mass is 10.1. The summed E-state index contributed by atoms with van der Waals surface area (Å²) in [5, 5.41) is 37.3. The van der Waals surface area contributed by atoms with E-state index in [2.05, 4.69) is 0 Å². The first-order valence-electron chi connectivity index (χ1n) is 9.22. The van der Waals surface area contributed by atoms with Crippen LogP contribution in [0.5, 0.6) is 5.75 Å². The molecule has 0 aliphatic heterocycles. The van der Waals surface area contributed by atoms with Crippen molar-refractivity contribution in [3.63, 3.8) is 0 Å². The van der Waals surface area contributed by atoms with E-state index in [0.29, 0.717) is 5.56 Å². The summed E-state index contributed by atoms with van der Waals surface area (Å²) in [7, 11) is 0. The lowest BCUT2D eigenvalue weighted by Gasteiger charge is -2.26. The molecule has 0 saturated heterocycles. The van der Waals surface area contributed by atoms with Crippen molar-refractivity contribution < 1.29 is 34.8 Å². The maximum Gasteiger partial charge on any atom is 0.335 e.